The normalized spacial score (nSPS) is 31.2. The standard InChI is InChI=1S/C22H29FO5.C18H19N3O5S.C17H22N2S.C10H14O4/c1-12-8-16-15-5-4-13-9-14(25)6-7-19(13,2)21(15,23)17(26)10-20(16,3)22(12,28)18(27)11-24;1-2-3-10-8-27-17-13(16(24)21(17)14(10)18(25)26)20-15(23)12(19)9-4-6-11(22)7-5-9;1-13(18(2)3)12-19-14-8-4-6-10-16(14)20-17-11-7-5-9-15(17)19;1-13-9-4-2-3-5-10(9)14-7-8(12)6-11/h6-7,9,12,15-17,24,26,28H,4-5,8,10-11H2,1-3H3;2-7,12-13,17,22H,8,19H2,1H3,(H,20,23)(H,25,26);4-11,13-14,16H,12H2,1-3H3;2-5,8,11-12H,6-7H2,1H3/b;3-2+;;/t12-,15+,16+,17+,19+,20+,21+,22+;12?,13-,17-;;/m11../s1. The van der Waals surface area contributed by atoms with Crippen LogP contribution in [0.4, 0.5) is 10.1 Å². The molecule has 5 aliphatic carbocycles. The van der Waals surface area contributed by atoms with Crippen LogP contribution in [0.2, 0.25) is 0 Å². The maximum atomic E-state index is 16.9. The number of amides is 2. The number of aliphatic hydroxyl groups excluding tert-OH is 4. The number of aliphatic carboxylic acids is 1. The fourth-order valence-electron chi connectivity index (χ4n) is 14.0. The molecule has 0 aromatic heterocycles. The summed E-state index contributed by atoms with van der Waals surface area (Å²) >= 11 is 3.38. The van der Waals surface area contributed by atoms with Gasteiger partial charge in [-0.3, -0.25) is 24.1 Å². The molecule has 19 nitrogen and oxygen atoms in total. The molecule has 0 bridgehead atoms. The monoisotopic (exact) mass is 1270 g/mol. The molecule has 5 unspecified atom stereocenters. The second kappa shape index (κ2) is 28.3. The summed E-state index contributed by atoms with van der Waals surface area (Å²) in [5, 5.41) is 71.1. The average Bonchev–Trinajstić information content (AvgIpc) is 1.63. The molecule has 89 heavy (non-hydrogen) atoms. The lowest BCUT2D eigenvalue weighted by molar-refractivity contribution is -0.219. The molecule has 15 atom stereocenters. The number of hydrogen-bond acceptors (Lipinski definition) is 18. The van der Waals surface area contributed by atoms with E-state index in [0.717, 1.165) is 6.54 Å². The number of nitrogens with zero attached hydrogens (tertiary/aromatic N) is 3. The van der Waals surface area contributed by atoms with Crippen molar-refractivity contribution in [1.82, 2.24) is 15.1 Å². The van der Waals surface area contributed by atoms with Gasteiger partial charge in [-0.25, -0.2) is 9.18 Å². The number of carboxylic acids is 1. The smallest absolute Gasteiger partial charge is 0.352 e. The third-order valence-corrected chi connectivity index (χ3v) is 21.7. The van der Waals surface area contributed by atoms with Gasteiger partial charge < -0.3 is 66.1 Å². The Kier molecular flexibility index (Phi) is 21.7. The zero-order valence-corrected chi connectivity index (χ0v) is 53.1. The van der Waals surface area contributed by atoms with Crippen LogP contribution in [-0.2, 0) is 24.0 Å². The molecular formula is C67H84FN5O14S2. The molecule has 11 rings (SSSR count). The summed E-state index contributed by atoms with van der Waals surface area (Å²) in [5.74, 6) is -2.66. The molecule has 22 heteroatoms. The Hall–Kier alpha value is -6.60. The second-order valence-corrected chi connectivity index (χ2v) is 26.8. The first-order valence-corrected chi connectivity index (χ1v) is 31.8. The summed E-state index contributed by atoms with van der Waals surface area (Å²) < 4.78 is 27.1. The first-order valence-electron chi connectivity index (χ1n) is 29.9. The minimum absolute atomic E-state index is 0.0461. The minimum atomic E-state index is -1.98. The average molecular weight is 1270 g/mol. The van der Waals surface area contributed by atoms with Crippen molar-refractivity contribution < 1.29 is 73.6 Å². The summed E-state index contributed by atoms with van der Waals surface area (Å²) in [6.07, 6.45) is 16.0. The lowest BCUT2D eigenvalue weighted by Gasteiger charge is -2.62. The molecule has 3 heterocycles. The van der Waals surface area contributed by atoms with E-state index in [4.69, 9.17) is 25.4 Å². The Bertz CT molecular complexity index is 3300. The maximum absolute atomic E-state index is 16.9. The number of carbonyl (C=O) groups is 5. The summed E-state index contributed by atoms with van der Waals surface area (Å²) in [5.41, 5.74) is 3.15. The molecule has 0 radical (unpaired) electrons. The second-order valence-electron chi connectivity index (χ2n) is 24.5. The topological polar surface area (TPSA) is 293 Å². The molecule has 10 N–H and O–H groups in total. The van der Waals surface area contributed by atoms with Gasteiger partial charge in [-0.15, -0.1) is 23.5 Å². The number of phenols is 1. The number of Topliss-reactive ketones (excluding diaryl/α,β-unsaturated/α-hetero) is 1. The van der Waals surface area contributed by atoms with E-state index in [1.54, 1.807) is 65.2 Å². The number of β-lactam (4-membered cyclic amide) rings is 1. The molecule has 0 spiro atoms. The number of phenolic OH excluding ortho intramolecular Hbond substituents is 1. The van der Waals surface area contributed by atoms with E-state index in [0.29, 0.717) is 70.6 Å². The molecule has 4 fully saturated rings. The first-order chi connectivity index (χ1) is 42.2. The van der Waals surface area contributed by atoms with Gasteiger partial charge in [-0.1, -0.05) is 98.4 Å². The van der Waals surface area contributed by atoms with E-state index in [1.807, 2.05) is 23.9 Å². The number of nitrogens with one attached hydrogen (secondary N) is 1. The number of para-hydroxylation sites is 3. The summed E-state index contributed by atoms with van der Waals surface area (Å²) in [7, 11) is 5.86. The van der Waals surface area contributed by atoms with Crippen molar-refractivity contribution >= 4 is 58.6 Å². The Morgan fingerprint density at radius 2 is 1.66 bits per heavy atom. The van der Waals surface area contributed by atoms with Crippen LogP contribution in [0.15, 0.2) is 149 Å². The Labute approximate surface area is 527 Å². The number of halogens is 1. The van der Waals surface area contributed by atoms with Gasteiger partial charge in [0.1, 0.15) is 53.8 Å². The van der Waals surface area contributed by atoms with Crippen LogP contribution in [0, 0.1) is 28.6 Å². The summed E-state index contributed by atoms with van der Waals surface area (Å²) in [6, 6.07) is 21.0. The van der Waals surface area contributed by atoms with Crippen molar-refractivity contribution in [3.8, 4) is 17.2 Å². The van der Waals surface area contributed by atoms with E-state index < -0.39 is 93.8 Å². The number of hydrogen-bond donors (Lipinski definition) is 9. The summed E-state index contributed by atoms with van der Waals surface area (Å²) in [6.45, 7) is 9.35. The Morgan fingerprint density at radius 3 is 2.31 bits per heavy atom. The highest BCUT2D eigenvalue weighted by Gasteiger charge is 2.75. The molecule has 2 amide bonds. The molecule has 1 saturated heterocycles. The molecule has 480 valence electrons. The fourth-order valence-corrected chi connectivity index (χ4v) is 16.6. The molecule has 8 aliphatic rings. The van der Waals surface area contributed by atoms with Crippen LogP contribution >= 0.6 is 23.5 Å². The molecule has 3 aromatic carbocycles. The van der Waals surface area contributed by atoms with E-state index in [9.17, 15) is 49.5 Å². The predicted octanol–water partition coefficient (Wildman–Crippen LogP) is 6.44. The fraction of sp³-hybridized carbons (Fsp3) is 0.478. The number of ketones is 2. The number of ether oxygens (including phenoxy) is 2. The number of rotatable bonds is 15. The number of allylic oxidation sites excluding steroid dienone is 8. The Balaban J connectivity index is 0.000000158. The van der Waals surface area contributed by atoms with Gasteiger partial charge in [0, 0.05) is 40.0 Å². The van der Waals surface area contributed by atoms with Crippen molar-refractivity contribution in [1.29, 1.82) is 0 Å². The largest absolute Gasteiger partial charge is 0.508 e. The first kappa shape index (κ1) is 68.3. The zero-order chi connectivity index (χ0) is 64.9. The number of fused-ring (bicyclic) bond motifs is 8. The van der Waals surface area contributed by atoms with Gasteiger partial charge in [0.2, 0.25) is 5.91 Å². The van der Waals surface area contributed by atoms with Gasteiger partial charge >= 0.3 is 5.97 Å². The van der Waals surface area contributed by atoms with Gasteiger partial charge in [0.05, 0.1) is 36.8 Å². The van der Waals surface area contributed by atoms with Gasteiger partial charge in [0.15, 0.2) is 28.7 Å². The predicted molar refractivity (Wildman–Crippen MR) is 340 cm³/mol. The van der Waals surface area contributed by atoms with Crippen molar-refractivity contribution in [2.75, 3.05) is 58.2 Å². The van der Waals surface area contributed by atoms with E-state index in [2.05, 4.69) is 84.7 Å². The lowest BCUT2D eigenvalue weighted by atomic mass is 9.44. The van der Waals surface area contributed by atoms with Gasteiger partial charge in [-0.05, 0) is 132 Å². The number of thioether (sulfide) groups is 2. The SMILES string of the molecule is C/C=C/C1=C(C(=O)O)N2C(=O)[C@@H](NC(=O)C(N)c3ccc(O)cc3)[C@H]2SC1.CC(CN1c2ccccc2SC2C=CC=CC21)N(C)C.COc1ccccc1OCC(O)CO.C[C@@H]1C[C@H]2[C@@H]3CCC4=CC(=O)C=C[C@]4(C)[C@@]3(F)[C@@H](O)C[C@]2(C)[C@@]1(O)C(=O)CO. The number of methoxy groups -OCH3 is 1. The highest BCUT2D eigenvalue weighted by Crippen LogP contribution is 2.70. The van der Waals surface area contributed by atoms with Gasteiger partial charge in [0.25, 0.3) is 5.91 Å². The number of carbonyl (C=O) groups excluding carboxylic acids is 4. The number of nitrogens with two attached hydrogens (primary N) is 1. The van der Waals surface area contributed by atoms with E-state index >= 15 is 4.39 Å². The van der Waals surface area contributed by atoms with Crippen molar-refractivity contribution in [2.24, 2.45) is 34.3 Å². The lowest BCUT2D eigenvalue weighted by Crippen LogP contribution is -2.71. The van der Waals surface area contributed by atoms with Crippen LogP contribution in [0.25, 0.3) is 0 Å². The number of carboxylic acid groups (broad SMARTS) is 1. The van der Waals surface area contributed by atoms with Crippen LogP contribution in [0.5, 0.6) is 17.2 Å². The molecular weight excluding hydrogens is 1180 g/mol. The number of anilines is 1. The zero-order valence-electron chi connectivity index (χ0n) is 51.4. The van der Waals surface area contributed by atoms with Crippen LogP contribution in [0.1, 0.15) is 71.9 Å². The minimum Gasteiger partial charge on any atom is -0.508 e. The molecule has 3 aromatic rings. The number of aromatic hydroxyl groups is 1. The van der Waals surface area contributed by atoms with Crippen molar-refractivity contribution in [3.05, 3.63) is 150 Å². The summed E-state index contributed by atoms with van der Waals surface area (Å²) in [4.78, 5) is 68.4. The molecule has 3 aliphatic heterocycles. The number of likely N-dealkylation sites (N-methyl/N-ethyl adjacent to an activating group) is 1. The van der Waals surface area contributed by atoms with E-state index in [1.165, 1.54) is 63.7 Å². The van der Waals surface area contributed by atoms with Crippen LogP contribution < -0.4 is 25.4 Å². The number of aliphatic hydroxyl groups is 5. The van der Waals surface area contributed by atoms with Crippen molar-refractivity contribution in [2.45, 2.75) is 123 Å². The number of alkyl halides is 1. The van der Waals surface area contributed by atoms with E-state index in [-0.39, 0.29) is 42.8 Å². The Morgan fingerprint density at radius 1 is 0.989 bits per heavy atom. The van der Waals surface area contributed by atoms with Gasteiger partial charge in [-0.2, -0.15) is 0 Å². The third-order valence-electron chi connectivity index (χ3n) is 19.1. The van der Waals surface area contributed by atoms with Crippen LogP contribution in [-0.4, -0.2) is 180 Å². The quantitative estimate of drug-likeness (QED) is 0.0740. The third kappa shape index (κ3) is 13.2. The number of benzene rings is 3. The van der Waals surface area contributed by atoms with Crippen molar-refractivity contribution in [3.63, 3.8) is 0 Å². The maximum Gasteiger partial charge on any atom is 0.352 e. The highest BCUT2D eigenvalue weighted by molar-refractivity contribution is 8.00. The molecule has 3 saturated carbocycles. The highest BCUT2D eigenvalue weighted by atomic mass is 32.2. The van der Waals surface area contributed by atoms with Crippen LogP contribution in [0.3, 0.4) is 0 Å².